The lowest BCUT2D eigenvalue weighted by Gasteiger charge is -2.26. The SMILES string of the molecule is NCC1CC12CCOc1ccc(F)cc12. The summed E-state index contributed by atoms with van der Waals surface area (Å²) >= 11 is 0. The Bertz CT molecular complexity index is 407. The van der Waals surface area contributed by atoms with Crippen molar-refractivity contribution >= 4 is 0 Å². The standard InChI is InChI=1S/C12H14FNO/c13-9-1-2-11-10(5-9)12(3-4-15-11)6-8(12)7-14/h1-2,5,8H,3-4,6-7,14H2. The van der Waals surface area contributed by atoms with Gasteiger partial charge < -0.3 is 10.5 Å². The molecule has 0 radical (unpaired) electrons. The van der Waals surface area contributed by atoms with Gasteiger partial charge in [-0.2, -0.15) is 0 Å². The minimum absolute atomic E-state index is 0.129. The minimum Gasteiger partial charge on any atom is -0.493 e. The highest BCUT2D eigenvalue weighted by Crippen LogP contribution is 2.60. The van der Waals surface area contributed by atoms with Gasteiger partial charge in [0.05, 0.1) is 6.61 Å². The monoisotopic (exact) mass is 207 g/mol. The highest BCUT2D eigenvalue weighted by Gasteiger charge is 2.56. The van der Waals surface area contributed by atoms with E-state index in [1.807, 2.05) is 0 Å². The van der Waals surface area contributed by atoms with Gasteiger partial charge in [0.15, 0.2) is 0 Å². The van der Waals surface area contributed by atoms with Crippen molar-refractivity contribution in [3.05, 3.63) is 29.6 Å². The predicted octanol–water partition coefficient (Wildman–Crippen LogP) is 1.82. The lowest BCUT2D eigenvalue weighted by Crippen LogP contribution is -2.24. The van der Waals surface area contributed by atoms with Crippen molar-refractivity contribution < 1.29 is 9.13 Å². The smallest absolute Gasteiger partial charge is 0.123 e. The Kier molecular flexibility index (Phi) is 1.80. The summed E-state index contributed by atoms with van der Waals surface area (Å²) in [7, 11) is 0. The summed E-state index contributed by atoms with van der Waals surface area (Å²) in [6.45, 7) is 1.42. The van der Waals surface area contributed by atoms with E-state index in [1.54, 1.807) is 12.1 Å². The first-order chi connectivity index (χ1) is 7.26. The molecular weight excluding hydrogens is 193 g/mol. The third-order valence-electron chi connectivity index (χ3n) is 3.80. The van der Waals surface area contributed by atoms with E-state index in [2.05, 4.69) is 0 Å². The van der Waals surface area contributed by atoms with E-state index < -0.39 is 0 Å². The molecule has 1 fully saturated rings. The van der Waals surface area contributed by atoms with E-state index in [-0.39, 0.29) is 11.2 Å². The topological polar surface area (TPSA) is 35.2 Å². The number of halogens is 1. The van der Waals surface area contributed by atoms with Gasteiger partial charge in [0.2, 0.25) is 0 Å². The first-order valence-electron chi connectivity index (χ1n) is 5.39. The Balaban J connectivity index is 2.07. The van der Waals surface area contributed by atoms with Crippen LogP contribution in [0, 0.1) is 11.7 Å². The molecule has 1 saturated carbocycles. The molecule has 0 aromatic heterocycles. The van der Waals surface area contributed by atoms with Gasteiger partial charge in [-0.1, -0.05) is 0 Å². The molecule has 0 amide bonds. The van der Waals surface area contributed by atoms with Crippen molar-refractivity contribution in [3.8, 4) is 5.75 Å². The zero-order valence-corrected chi connectivity index (χ0v) is 8.50. The molecule has 15 heavy (non-hydrogen) atoms. The molecule has 0 saturated heterocycles. The summed E-state index contributed by atoms with van der Waals surface area (Å²) < 4.78 is 18.7. The van der Waals surface area contributed by atoms with Crippen LogP contribution in [-0.2, 0) is 5.41 Å². The first kappa shape index (κ1) is 9.16. The Morgan fingerprint density at radius 3 is 3.13 bits per heavy atom. The Hall–Kier alpha value is -1.09. The van der Waals surface area contributed by atoms with Crippen LogP contribution >= 0.6 is 0 Å². The number of ether oxygens (including phenoxy) is 1. The highest BCUT2D eigenvalue weighted by molar-refractivity contribution is 5.46. The molecular formula is C12H14FNO. The van der Waals surface area contributed by atoms with Gasteiger partial charge >= 0.3 is 0 Å². The summed E-state index contributed by atoms with van der Waals surface area (Å²) in [5.74, 6) is 1.18. The van der Waals surface area contributed by atoms with Crippen molar-refractivity contribution in [1.82, 2.24) is 0 Å². The van der Waals surface area contributed by atoms with Gasteiger partial charge in [-0.15, -0.1) is 0 Å². The van der Waals surface area contributed by atoms with Crippen LogP contribution in [0.2, 0.25) is 0 Å². The lowest BCUT2D eigenvalue weighted by molar-refractivity contribution is 0.253. The van der Waals surface area contributed by atoms with Crippen molar-refractivity contribution in [2.45, 2.75) is 18.3 Å². The highest BCUT2D eigenvalue weighted by atomic mass is 19.1. The molecule has 0 bridgehead atoms. The van der Waals surface area contributed by atoms with Crippen molar-refractivity contribution in [1.29, 1.82) is 0 Å². The van der Waals surface area contributed by atoms with Crippen LogP contribution in [0.15, 0.2) is 18.2 Å². The summed E-state index contributed by atoms with van der Waals surface area (Å²) in [4.78, 5) is 0. The fourth-order valence-corrected chi connectivity index (χ4v) is 2.82. The molecule has 1 heterocycles. The van der Waals surface area contributed by atoms with E-state index in [0.717, 1.165) is 30.8 Å². The maximum atomic E-state index is 13.2. The van der Waals surface area contributed by atoms with Crippen LogP contribution in [0.4, 0.5) is 4.39 Å². The second-order valence-electron chi connectivity index (χ2n) is 4.53. The van der Waals surface area contributed by atoms with E-state index in [1.165, 1.54) is 6.07 Å². The molecule has 2 unspecified atom stereocenters. The van der Waals surface area contributed by atoms with Crippen molar-refractivity contribution in [2.75, 3.05) is 13.2 Å². The second kappa shape index (κ2) is 2.95. The number of rotatable bonds is 1. The number of hydrogen-bond donors (Lipinski definition) is 1. The zero-order chi connectivity index (χ0) is 10.5. The summed E-state index contributed by atoms with van der Waals surface area (Å²) in [6.07, 6.45) is 2.06. The van der Waals surface area contributed by atoms with Gasteiger partial charge in [-0.25, -0.2) is 4.39 Å². The average molecular weight is 207 g/mol. The summed E-state index contributed by atoms with van der Waals surface area (Å²) in [6, 6.07) is 4.80. The fourth-order valence-electron chi connectivity index (χ4n) is 2.82. The normalized spacial score (nSPS) is 32.3. The van der Waals surface area contributed by atoms with Gasteiger partial charge in [-0.05, 0) is 43.5 Å². The molecule has 2 nitrogen and oxygen atoms in total. The van der Waals surface area contributed by atoms with Crippen molar-refractivity contribution in [3.63, 3.8) is 0 Å². The third-order valence-corrected chi connectivity index (χ3v) is 3.80. The number of fused-ring (bicyclic) bond motifs is 2. The predicted molar refractivity (Wildman–Crippen MR) is 55.4 cm³/mol. The molecule has 80 valence electrons. The minimum atomic E-state index is -0.179. The fraction of sp³-hybridized carbons (Fsp3) is 0.500. The molecule has 2 aliphatic rings. The molecule has 1 aromatic rings. The lowest BCUT2D eigenvalue weighted by atomic mass is 9.87. The van der Waals surface area contributed by atoms with Crippen molar-refractivity contribution in [2.24, 2.45) is 11.7 Å². The Morgan fingerprint density at radius 1 is 1.53 bits per heavy atom. The molecule has 2 N–H and O–H groups in total. The maximum absolute atomic E-state index is 13.2. The molecule has 1 aliphatic carbocycles. The number of hydrogen-bond acceptors (Lipinski definition) is 2. The van der Waals surface area contributed by atoms with Gasteiger partial charge in [0, 0.05) is 11.0 Å². The van der Waals surface area contributed by atoms with Crippen LogP contribution in [0.5, 0.6) is 5.75 Å². The molecule has 3 rings (SSSR count). The van der Waals surface area contributed by atoms with E-state index >= 15 is 0 Å². The summed E-state index contributed by atoms with van der Waals surface area (Å²) in [5.41, 5.74) is 6.86. The molecule has 1 aliphatic heterocycles. The zero-order valence-electron chi connectivity index (χ0n) is 8.50. The number of nitrogens with two attached hydrogens (primary N) is 1. The van der Waals surface area contributed by atoms with Crippen LogP contribution in [0.25, 0.3) is 0 Å². The largest absolute Gasteiger partial charge is 0.493 e. The van der Waals surface area contributed by atoms with Gasteiger partial charge in [0.1, 0.15) is 11.6 Å². The van der Waals surface area contributed by atoms with Crippen LogP contribution in [0.3, 0.4) is 0 Å². The van der Waals surface area contributed by atoms with Gasteiger partial charge in [-0.3, -0.25) is 0 Å². The Labute approximate surface area is 88.2 Å². The average Bonchev–Trinajstić information content (AvgIpc) is 2.94. The quantitative estimate of drug-likeness (QED) is 0.762. The summed E-state index contributed by atoms with van der Waals surface area (Å²) in [5, 5.41) is 0. The van der Waals surface area contributed by atoms with E-state index in [9.17, 15) is 4.39 Å². The second-order valence-corrected chi connectivity index (χ2v) is 4.53. The Morgan fingerprint density at radius 2 is 2.40 bits per heavy atom. The third kappa shape index (κ3) is 1.19. The maximum Gasteiger partial charge on any atom is 0.123 e. The van der Waals surface area contributed by atoms with E-state index in [4.69, 9.17) is 10.5 Å². The molecule has 1 spiro atoms. The number of benzene rings is 1. The van der Waals surface area contributed by atoms with Crippen LogP contribution < -0.4 is 10.5 Å². The molecule has 3 heteroatoms. The molecule has 2 atom stereocenters. The van der Waals surface area contributed by atoms with Crippen LogP contribution in [0.1, 0.15) is 18.4 Å². The van der Waals surface area contributed by atoms with Crippen LogP contribution in [-0.4, -0.2) is 13.2 Å². The van der Waals surface area contributed by atoms with E-state index in [0.29, 0.717) is 12.5 Å². The molecule has 1 aromatic carbocycles. The van der Waals surface area contributed by atoms with Gasteiger partial charge in [0.25, 0.3) is 0 Å². The first-order valence-corrected chi connectivity index (χ1v) is 5.39.